The second-order valence-corrected chi connectivity index (χ2v) is 6.97. The third kappa shape index (κ3) is 3.17. The van der Waals surface area contributed by atoms with Crippen molar-refractivity contribution < 1.29 is 0 Å². The SMILES string of the molecule is C#CCN(Cc1ccc(C)cc1)Cc1nnc2n(C)c(=O)c3ccccc3n12. The molecule has 0 N–H and O–H groups in total. The van der Waals surface area contributed by atoms with Gasteiger partial charge in [-0.15, -0.1) is 16.6 Å². The lowest BCUT2D eigenvalue weighted by Crippen LogP contribution is -2.25. The van der Waals surface area contributed by atoms with Gasteiger partial charge in [0.05, 0.1) is 24.0 Å². The quantitative estimate of drug-likeness (QED) is 0.506. The van der Waals surface area contributed by atoms with Crippen LogP contribution in [0.3, 0.4) is 0 Å². The minimum atomic E-state index is -0.0813. The van der Waals surface area contributed by atoms with Gasteiger partial charge in [-0.1, -0.05) is 47.9 Å². The Morgan fingerprint density at radius 1 is 1.07 bits per heavy atom. The van der Waals surface area contributed by atoms with E-state index in [4.69, 9.17) is 6.42 Å². The lowest BCUT2D eigenvalue weighted by molar-refractivity contribution is 0.282. The monoisotopic (exact) mass is 371 g/mol. The van der Waals surface area contributed by atoms with E-state index in [1.54, 1.807) is 7.05 Å². The summed E-state index contributed by atoms with van der Waals surface area (Å²) in [5, 5.41) is 9.27. The molecule has 0 aliphatic carbocycles. The van der Waals surface area contributed by atoms with Gasteiger partial charge < -0.3 is 0 Å². The molecule has 0 amide bonds. The molecule has 0 aliphatic rings. The first kappa shape index (κ1) is 18.0. The number of para-hydroxylation sites is 1. The highest BCUT2D eigenvalue weighted by Gasteiger charge is 2.16. The molecule has 0 saturated heterocycles. The first-order valence-electron chi connectivity index (χ1n) is 9.11. The van der Waals surface area contributed by atoms with Gasteiger partial charge in [-0.2, -0.15) is 0 Å². The van der Waals surface area contributed by atoms with Crippen molar-refractivity contribution in [1.29, 1.82) is 0 Å². The van der Waals surface area contributed by atoms with E-state index in [9.17, 15) is 4.79 Å². The van der Waals surface area contributed by atoms with Gasteiger partial charge in [0.2, 0.25) is 5.78 Å². The molecule has 0 radical (unpaired) electrons. The van der Waals surface area contributed by atoms with E-state index in [-0.39, 0.29) is 5.56 Å². The summed E-state index contributed by atoms with van der Waals surface area (Å²) in [5.41, 5.74) is 3.13. The maximum atomic E-state index is 12.6. The van der Waals surface area contributed by atoms with E-state index in [1.807, 2.05) is 28.7 Å². The molecule has 6 heteroatoms. The largest absolute Gasteiger partial charge is 0.281 e. The van der Waals surface area contributed by atoms with E-state index in [1.165, 1.54) is 15.7 Å². The molecule has 0 bridgehead atoms. The summed E-state index contributed by atoms with van der Waals surface area (Å²) in [7, 11) is 1.72. The Morgan fingerprint density at radius 2 is 1.82 bits per heavy atom. The molecular weight excluding hydrogens is 350 g/mol. The van der Waals surface area contributed by atoms with E-state index in [0.29, 0.717) is 30.8 Å². The lowest BCUT2D eigenvalue weighted by atomic mass is 10.1. The summed E-state index contributed by atoms with van der Waals surface area (Å²) in [6.45, 7) is 3.80. The molecule has 0 saturated carbocycles. The molecule has 2 aromatic heterocycles. The number of nitrogens with zero attached hydrogens (tertiary/aromatic N) is 5. The molecule has 0 unspecified atom stereocenters. The van der Waals surface area contributed by atoms with Crippen LogP contribution in [0.15, 0.2) is 53.3 Å². The van der Waals surface area contributed by atoms with Crippen LogP contribution in [0.5, 0.6) is 0 Å². The molecule has 28 heavy (non-hydrogen) atoms. The van der Waals surface area contributed by atoms with Crippen molar-refractivity contribution in [2.24, 2.45) is 7.05 Å². The normalized spacial score (nSPS) is 11.4. The average molecular weight is 371 g/mol. The third-order valence-corrected chi connectivity index (χ3v) is 4.90. The summed E-state index contributed by atoms with van der Waals surface area (Å²) < 4.78 is 3.47. The molecule has 0 atom stereocenters. The molecule has 4 aromatic rings. The summed E-state index contributed by atoms with van der Waals surface area (Å²) >= 11 is 0. The Balaban J connectivity index is 1.76. The van der Waals surface area contributed by atoms with Gasteiger partial charge in [-0.25, -0.2) is 0 Å². The molecule has 140 valence electrons. The van der Waals surface area contributed by atoms with Crippen LogP contribution >= 0.6 is 0 Å². The minimum absolute atomic E-state index is 0.0813. The van der Waals surface area contributed by atoms with E-state index < -0.39 is 0 Å². The molecule has 2 aromatic carbocycles. The van der Waals surface area contributed by atoms with Crippen molar-refractivity contribution >= 4 is 16.7 Å². The number of aromatic nitrogens is 4. The van der Waals surface area contributed by atoms with E-state index in [0.717, 1.165) is 11.3 Å². The first-order valence-corrected chi connectivity index (χ1v) is 9.11. The van der Waals surface area contributed by atoms with Gasteiger partial charge in [0.1, 0.15) is 0 Å². The van der Waals surface area contributed by atoms with Crippen molar-refractivity contribution in [2.45, 2.75) is 20.0 Å². The van der Waals surface area contributed by atoms with Crippen molar-refractivity contribution in [2.75, 3.05) is 6.54 Å². The number of aryl methyl sites for hydroxylation is 2. The zero-order valence-electron chi connectivity index (χ0n) is 16.0. The average Bonchev–Trinajstić information content (AvgIpc) is 3.12. The Hall–Kier alpha value is -3.43. The van der Waals surface area contributed by atoms with Crippen LogP contribution in [0.4, 0.5) is 0 Å². The second kappa shape index (κ2) is 7.29. The number of hydrogen-bond donors (Lipinski definition) is 0. The highest BCUT2D eigenvalue weighted by molar-refractivity contribution is 5.80. The maximum absolute atomic E-state index is 12.6. The lowest BCUT2D eigenvalue weighted by Gasteiger charge is -2.19. The Labute approximate surface area is 163 Å². The summed E-state index contributed by atoms with van der Waals surface area (Å²) in [5.74, 6) is 4.01. The fourth-order valence-electron chi connectivity index (χ4n) is 3.44. The smallest absolute Gasteiger partial charge is 0.262 e. The van der Waals surface area contributed by atoms with Crippen LogP contribution in [0.25, 0.3) is 16.7 Å². The fraction of sp³-hybridized carbons (Fsp3) is 0.227. The topological polar surface area (TPSA) is 55.4 Å². The Kier molecular flexibility index (Phi) is 4.68. The number of rotatable bonds is 5. The number of hydrogen-bond acceptors (Lipinski definition) is 4. The number of terminal acetylenes is 1. The van der Waals surface area contributed by atoms with Gasteiger partial charge >= 0.3 is 0 Å². The van der Waals surface area contributed by atoms with Crippen LogP contribution in [0.2, 0.25) is 0 Å². The first-order chi connectivity index (χ1) is 13.6. The van der Waals surface area contributed by atoms with Crippen LogP contribution in [0.1, 0.15) is 17.0 Å². The van der Waals surface area contributed by atoms with Crippen LogP contribution < -0.4 is 5.56 Å². The van der Waals surface area contributed by atoms with Crippen LogP contribution in [-0.2, 0) is 20.1 Å². The summed E-state index contributed by atoms with van der Waals surface area (Å²) in [6, 6.07) is 15.9. The molecule has 4 rings (SSSR count). The van der Waals surface area contributed by atoms with Crippen molar-refractivity contribution in [3.8, 4) is 12.3 Å². The zero-order chi connectivity index (χ0) is 19.7. The van der Waals surface area contributed by atoms with E-state index >= 15 is 0 Å². The van der Waals surface area contributed by atoms with Crippen LogP contribution in [0, 0.1) is 19.3 Å². The Bertz CT molecular complexity index is 1240. The van der Waals surface area contributed by atoms with Crippen LogP contribution in [-0.4, -0.2) is 30.6 Å². The Morgan fingerprint density at radius 3 is 2.57 bits per heavy atom. The molecule has 0 spiro atoms. The molecule has 0 fully saturated rings. The summed E-state index contributed by atoms with van der Waals surface area (Å²) in [4.78, 5) is 14.7. The van der Waals surface area contributed by atoms with Gasteiger partial charge in [0.25, 0.3) is 5.56 Å². The standard InChI is InChI=1S/C22H21N5O/c1-4-13-26(14-17-11-9-16(2)10-12-17)15-20-23-24-22-25(3)21(28)18-7-5-6-8-19(18)27(20)22/h1,5-12H,13-15H2,2-3H3. The third-order valence-electron chi connectivity index (χ3n) is 4.90. The molecular formula is C22H21N5O. The predicted molar refractivity (Wildman–Crippen MR) is 110 cm³/mol. The van der Waals surface area contributed by atoms with Crippen molar-refractivity contribution in [3.63, 3.8) is 0 Å². The summed E-state index contributed by atoms with van der Waals surface area (Å²) in [6.07, 6.45) is 5.60. The maximum Gasteiger partial charge on any atom is 0.262 e. The van der Waals surface area contributed by atoms with E-state index in [2.05, 4.69) is 52.2 Å². The number of benzene rings is 2. The van der Waals surface area contributed by atoms with Gasteiger partial charge in [-0.05, 0) is 24.6 Å². The fourth-order valence-corrected chi connectivity index (χ4v) is 3.44. The minimum Gasteiger partial charge on any atom is -0.281 e. The second-order valence-electron chi connectivity index (χ2n) is 6.97. The van der Waals surface area contributed by atoms with Crippen molar-refractivity contribution in [1.82, 2.24) is 24.1 Å². The molecule has 6 nitrogen and oxygen atoms in total. The number of fused-ring (bicyclic) bond motifs is 3. The van der Waals surface area contributed by atoms with Gasteiger partial charge in [0.15, 0.2) is 5.82 Å². The van der Waals surface area contributed by atoms with Gasteiger partial charge in [-0.3, -0.25) is 18.7 Å². The molecule has 0 aliphatic heterocycles. The molecule has 2 heterocycles. The van der Waals surface area contributed by atoms with Gasteiger partial charge in [0, 0.05) is 13.6 Å². The predicted octanol–water partition coefficient (Wildman–Crippen LogP) is 2.53. The highest BCUT2D eigenvalue weighted by atomic mass is 16.1. The zero-order valence-corrected chi connectivity index (χ0v) is 16.0. The van der Waals surface area contributed by atoms with Crippen molar-refractivity contribution in [3.05, 3.63) is 75.8 Å². The highest BCUT2D eigenvalue weighted by Crippen LogP contribution is 2.16.